The number of nitrogens with zero attached hydrogens (tertiary/aromatic N) is 1. The number of piperidine rings is 1. The van der Waals surface area contributed by atoms with Crippen LogP contribution in [0.3, 0.4) is 0 Å². The van der Waals surface area contributed by atoms with Crippen LogP contribution < -0.4 is 16.0 Å². The highest BCUT2D eigenvalue weighted by Crippen LogP contribution is 2.40. The van der Waals surface area contributed by atoms with Crippen LogP contribution in [0.25, 0.3) is 0 Å². The summed E-state index contributed by atoms with van der Waals surface area (Å²) in [6.45, 7) is 7.08. The average Bonchev–Trinajstić information content (AvgIpc) is 3.54. The fourth-order valence-electron chi connectivity index (χ4n) is 4.21. The Bertz CT molecular complexity index is 843. The molecular weight excluding hydrogens is 392 g/mol. The van der Waals surface area contributed by atoms with E-state index in [4.69, 9.17) is 9.26 Å². The minimum atomic E-state index is -0.161. The number of amides is 1. The van der Waals surface area contributed by atoms with Crippen molar-refractivity contribution in [2.24, 2.45) is 5.92 Å². The Hall–Kier alpha value is -2.22. The fraction of sp³-hybridized carbons (Fsp3) is 0.583. The molecule has 7 heteroatoms. The number of benzene rings is 1. The molecule has 1 aromatic carbocycles. The molecule has 3 N–H and O–H groups in total. The molecule has 2 aromatic rings. The van der Waals surface area contributed by atoms with Gasteiger partial charge in [0.15, 0.2) is 5.69 Å². The number of nitrogens with one attached hydrogen (secondary N) is 3. The van der Waals surface area contributed by atoms with Crippen LogP contribution in [0.2, 0.25) is 0 Å². The van der Waals surface area contributed by atoms with Crippen molar-refractivity contribution in [3.05, 3.63) is 52.9 Å². The third kappa shape index (κ3) is 6.15. The van der Waals surface area contributed by atoms with Gasteiger partial charge in [-0.2, -0.15) is 0 Å². The Labute approximate surface area is 184 Å². The van der Waals surface area contributed by atoms with E-state index in [1.54, 1.807) is 6.07 Å². The summed E-state index contributed by atoms with van der Waals surface area (Å²) in [5, 5.41) is 14.0. The number of hydrogen-bond donors (Lipinski definition) is 3. The zero-order valence-electron chi connectivity index (χ0n) is 18.4. The number of aromatic nitrogens is 1. The van der Waals surface area contributed by atoms with E-state index in [-0.39, 0.29) is 11.9 Å². The third-order valence-electron chi connectivity index (χ3n) is 6.13. The fourth-order valence-corrected chi connectivity index (χ4v) is 4.21. The van der Waals surface area contributed by atoms with E-state index in [0.29, 0.717) is 30.7 Å². The van der Waals surface area contributed by atoms with Crippen LogP contribution in [0.15, 0.2) is 34.9 Å². The van der Waals surface area contributed by atoms with E-state index in [1.807, 2.05) is 0 Å². The molecule has 0 radical (unpaired) electrons. The molecule has 7 nitrogen and oxygen atoms in total. The lowest BCUT2D eigenvalue weighted by Gasteiger charge is -2.31. The molecule has 2 fully saturated rings. The molecule has 1 amide bonds. The van der Waals surface area contributed by atoms with Crippen LogP contribution >= 0.6 is 0 Å². The van der Waals surface area contributed by atoms with Gasteiger partial charge in [0, 0.05) is 18.5 Å². The maximum absolute atomic E-state index is 13.0. The van der Waals surface area contributed by atoms with Crippen molar-refractivity contribution in [2.75, 3.05) is 32.8 Å². The van der Waals surface area contributed by atoms with Crippen LogP contribution in [0.5, 0.6) is 0 Å². The normalized spacial score (nSPS) is 18.1. The molecule has 1 saturated carbocycles. The first-order valence-corrected chi connectivity index (χ1v) is 11.6. The van der Waals surface area contributed by atoms with Gasteiger partial charge in [-0.15, -0.1) is 0 Å². The van der Waals surface area contributed by atoms with Crippen molar-refractivity contribution in [2.45, 2.75) is 51.2 Å². The summed E-state index contributed by atoms with van der Waals surface area (Å²) in [4.78, 5) is 13.0. The van der Waals surface area contributed by atoms with Crippen molar-refractivity contribution in [3.63, 3.8) is 0 Å². The molecule has 1 aromatic heterocycles. The van der Waals surface area contributed by atoms with Crippen molar-refractivity contribution in [3.8, 4) is 0 Å². The van der Waals surface area contributed by atoms with Gasteiger partial charge < -0.3 is 25.2 Å². The van der Waals surface area contributed by atoms with Gasteiger partial charge in [0.2, 0.25) is 0 Å². The predicted octanol–water partition coefficient (Wildman–Crippen LogP) is 3.15. The first-order chi connectivity index (χ1) is 15.2. The van der Waals surface area contributed by atoms with Gasteiger partial charge in [0.1, 0.15) is 5.76 Å². The highest BCUT2D eigenvalue weighted by molar-refractivity contribution is 5.92. The SMILES string of the molecule is CCNCCOCc1cccc(C(NC(=O)c2cc(C3CC3)on2)C2CCNCC2)c1. The minimum absolute atomic E-state index is 0.0580. The molecule has 0 bridgehead atoms. The molecule has 1 atom stereocenters. The van der Waals surface area contributed by atoms with Crippen molar-refractivity contribution >= 4 is 5.91 Å². The molecule has 2 heterocycles. The molecular formula is C24H34N4O3. The van der Waals surface area contributed by atoms with Crippen molar-refractivity contribution in [1.29, 1.82) is 0 Å². The first kappa shape index (κ1) is 22.0. The summed E-state index contributed by atoms with van der Waals surface area (Å²) in [6, 6.07) is 10.2. The van der Waals surface area contributed by atoms with Crippen LogP contribution in [0.1, 0.15) is 71.9 Å². The van der Waals surface area contributed by atoms with Gasteiger partial charge in [-0.3, -0.25) is 4.79 Å². The van der Waals surface area contributed by atoms with Gasteiger partial charge in [-0.05, 0) is 62.4 Å². The maximum Gasteiger partial charge on any atom is 0.273 e. The van der Waals surface area contributed by atoms with Crippen molar-refractivity contribution < 1.29 is 14.1 Å². The van der Waals surface area contributed by atoms with E-state index in [0.717, 1.165) is 68.7 Å². The molecule has 168 valence electrons. The van der Waals surface area contributed by atoms with E-state index in [9.17, 15) is 4.79 Å². The summed E-state index contributed by atoms with van der Waals surface area (Å²) in [5.41, 5.74) is 2.63. The summed E-state index contributed by atoms with van der Waals surface area (Å²) in [7, 11) is 0. The maximum atomic E-state index is 13.0. The minimum Gasteiger partial charge on any atom is -0.375 e. The van der Waals surface area contributed by atoms with E-state index >= 15 is 0 Å². The zero-order chi connectivity index (χ0) is 21.5. The number of hydrogen-bond acceptors (Lipinski definition) is 6. The van der Waals surface area contributed by atoms with Gasteiger partial charge in [0.25, 0.3) is 5.91 Å². The lowest BCUT2D eigenvalue weighted by Crippen LogP contribution is -2.39. The Morgan fingerprint density at radius 1 is 1.26 bits per heavy atom. The summed E-state index contributed by atoms with van der Waals surface area (Å²) < 4.78 is 11.2. The zero-order valence-corrected chi connectivity index (χ0v) is 18.4. The largest absolute Gasteiger partial charge is 0.375 e. The molecule has 1 aliphatic heterocycles. The Kier molecular flexibility index (Phi) is 7.72. The number of carbonyl (C=O) groups is 1. The molecule has 0 spiro atoms. The topological polar surface area (TPSA) is 88.4 Å². The number of carbonyl (C=O) groups excluding carboxylic acids is 1. The average molecular weight is 427 g/mol. The number of rotatable bonds is 11. The van der Waals surface area contributed by atoms with E-state index < -0.39 is 0 Å². The lowest BCUT2D eigenvalue weighted by molar-refractivity contribution is 0.0904. The summed E-state index contributed by atoms with van der Waals surface area (Å²) in [5.74, 6) is 1.50. The monoisotopic (exact) mass is 426 g/mol. The molecule has 31 heavy (non-hydrogen) atoms. The second-order valence-corrected chi connectivity index (χ2v) is 8.58. The second-order valence-electron chi connectivity index (χ2n) is 8.58. The van der Waals surface area contributed by atoms with Gasteiger partial charge in [-0.25, -0.2) is 0 Å². The molecule has 2 aliphatic rings. The summed E-state index contributed by atoms with van der Waals surface area (Å²) in [6.07, 6.45) is 4.30. The van der Waals surface area contributed by atoms with Crippen molar-refractivity contribution in [1.82, 2.24) is 21.1 Å². The smallest absolute Gasteiger partial charge is 0.273 e. The van der Waals surface area contributed by atoms with Crippen LogP contribution in [0, 0.1) is 5.92 Å². The van der Waals surface area contributed by atoms with Crippen LogP contribution in [-0.2, 0) is 11.3 Å². The molecule has 1 unspecified atom stereocenters. The predicted molar refractivity (Wildman–Crippen MR) is 119 cm³/mol. The standard InChI is InChI=1S/C24H34N4O3/c1-2-25-12-13-30-16-17-4-3-5-20(14-17)23(19-8-10-26-11-9-19)27-24(29)21-15-22(31-28-21)18-6-7-18/h3-5,14-15,18-19,23,25-26H,2,6-13,16H2,1H3,(H,27,29). The highest BCUT2D eigenvalue weighted by Gasteiger charge is 2.31. The molecule has 1 aliphatic carbocycles. The highest BCUT2D eigenvalue weighted by atomic mass is 16.5. The van der Waals surface area contributed by atoms with E-state index in [2.05, 4.69) is 52.3 Å². The summed E-state index contributed by atoms with van der Waals surface area (Å²) >= 11 is 0. The number of ether oxygens (including phenoxy) is 1. The van der Waals surface area contributed by atoms with Gasteiger partial charge in [0.05, 0.1) is 19.3 Å². The third-order valence-corrected chi connectivity index (χ3v) is 6.13. The first-order valence-electron chi connectivity index (χ1n) is 11.6. The number of likely N-dealkylation sites (N-methyl/N-ethyl adjacent to an activating group) is 1. The Morgan fingerprint density at radius 3 is 2.87 bits per heavy atom. The quantitative estimate of drug-likeness (QED) is 0.479. The van der Waals surface area contributed by atoms with Gasteiger partial charge >= 0.3 is 0 Å². The van der Waals surface area contributed by atoms with E-state index in [1.165, 1.54) is 0 Å². The Morgan fingerprint density at radius 2 is 2.10 bits per heavy atom. The molecule has 4 rings (SSSR count). The lowest BCUT2D eigenvalue weighted by atomic mass is 9.85. The molecule has 1 saturated heterocycles. The van der Waals surface area contributed by atoms with Gasteiger partial charge in [-0.1, -0.05) is 36.3 Å². The Balaban J connectivity index is 1.45. The van der Waals surface area contributed by atoms with Crippen LogP contribution in [0.4, 0.5) is 0 Å². The van der Waals surface area contributed by atoms with Crippen LogP contribution in [-0.4, -0.2) is 43.8 Å². The second kappa shape index (κ2) is 10.9.